The molecule has 1 amide bonds. The van der Waals surface area contributed by atoms with Gasteiger partial charge in [-0.2, -0.15) is 17.5 Å². The second-order valence-electron chi connectivity index (χ2n) is 6.17. The maximum atomic E-state index is 13.3. The summed E-state index contributed by atoms with van der Waals surface area (Å²) in [6, 6.07) is -3.61. The average Bonchev–Trinajstić information content (AvgIpc) is 2.88. The first-order valence-corrected chi connectivity index (χ1v) is 9.06. The molecule has 2 heterocycles. The molecule has 3 rings (SSSR count). The van der Waals surface area contributed by atoms with E-state index in [0.29, 0.717) is 19.3 Å². The first-order chi connectivity index (χ1) is 10.6. The van der Waals surface area contributed by atoms with Crippen molar-refractivity contribution < 1.29 is 31.1 Å². The lowest BCUT2D eigenvalue weighted by Gasteiger charge is -2.36. The summed E-state index contributed by atoms with van der Waals surface area (Å²) in [5.74, 6) is -1.21. The van der Waals surface area contributed by atoms with Crippen LogP contribution in [0.1, 0.15) is 19.3 Å². The zero-order valence-electron chi connectivity index (χ0n) is 12.6. The van der Waals surface area contributed by atoms with Gasteiger partial charge in [0.05, 0.1) is 12.4 Å². The molecule has 1 N–H and O–H groups in total. The fourth-order valence-corrected chi connectivity index (χ4v) is 5.22. The van der Waals surface area contributed by atoms with Crippen molar-refractivity contribution in [1.82, 2.24) is 14.5 Å². The van der Waals surface area contributed by atoms with Gasteiger partial charge in [0.15, 0.2) is 12.3 Å². The highest BCUT2D eigenvalue weighted by Crippen LogP contribution is 2.44. The quantitative estimate of drug-likeness (QED) is 0.743. The van der Waals surface area contributed by atoms with Gasteiger partial charge in [-0.15, -0.1) is 0 Å². The number of hydrogen-bond acceptors (Lipinski definition) is 5. The number of carbonyl (C=O) groups is 1. The van der Waals surface area contributed by atoms with Crippen LogP contribution >= 0.6 is 0 Å². The molecule has 0 spiro atoms. The topological polar surface area (TPSA) is 79.0 Å². The van der Waals surface area contributed by atoms with Crippen LogP contribution in [0.3, 0.4) is 0 Å². The smallest absolute Gasteiger partial charge is 0.381 e. The highest BCUT2D eigenvalue weighted by Gasteiger charge is 2.66. The van der Waals surface area contributed by atoms with Gasteiger partial charge >= 0.3 is 6.18 Å². The van der Waals surface area contributed by atoms with Crippen LogP contribution in [0.5, 0.6) is 0 Å². The molecule has 23 heavy (non-hydrogen) atoms. The molecule has 3 fully saturated rings. The Labute approximate surface area is 131 Å². The average molecular weight is 357 g/mol. The molecule has 1 saturated carbocycles. The number of methoxy groups -OCH3 is 1. The van der Waals surface area contributed by atoms with E-state index in [9.17, 15) is 26.4 Å². The van der Waals surface area contributed by atoms with Gasteiger partial charge in [-0.1, -0.05) is 0 Å². The molecule has 3 aliphatic rings. The lowest BCUT2D eigenvalue weighted by Crippen LogP contribution is -2.53. The van der Waals surface area contributed by atoms with E-state index in [1.54, 1.807) is 0 Å². The van der Waals surface area contributed by atoms with Crippen LogP contribution in [0.25, 0.3) is 0 Å². The number of hydrogen-bond donors (Lipinski definition) is 1. The van der Waals surface area contributed by atoms with E-state index in [-0.39, 0.29) is 6.10 Å². The Hall–Kier alpha value is -0.910. The summed E-state index contributed by atoms with van der Waals surface area (Å²) >= 11 is 0. The van der Waals surface area contributed by atoms with Crippen molar-refractivity contribution in [2.24, 2.45) is 0 Å². The van der Waals surface area contributed by atoms with Crippen LogP contribution in [0.2, 0.25) is 0 Å². The number of rotatable bonds is 2. The lowest BCUT2D eigenvalue weighted by molar-refractivity contribution is -0.185. The molecule has 1 aliphatic carbocycles. The van der Waals surface area contributed by atoms with E-state index < -0.39 is 46.5 Å². The van der Waals surface area contributed by atoms with Crippen LogP contribution in [-0.4, -0.2) is 73.6 Å². The normalized spacial score (nSPS) is 39.2. The summed E-state index contributed by atoms with van der Waals surface area (Å²) in [6.07, 6.45) is -4.13. The molecule has 2 aliphatic heterocycles. The molecule has 0 aromatic heterocycles. The van der Waals surface area contributed by atoms with Crippen molar-refractivity contribution >= 4 is 15.9 Å². The molecule has 5 unspecified atom stereocenters. The number of sulfonamides is 1. The van der Waals surface area contributed by atoms with Gasteiger partial charge in [0.1, 0.15) is 0 Å². The fourth-order valence-electron chi connectivity index (χ4n) is 3.98. The Balaban J connectivity index is 2.02. The number of carbonyl (C=O) groups excluding carboxylic acids is 1. The van der Waals surface area contributed by atoms with Crippen LogP contribution in [0.4, 0.5) is 13.2 Å². The fraction of sp³-hybridized carbons (Fsp3) is 0.917. The molecule has 5 atom stereocenters. The van der Waals surface area contributed by atoms with E-state index >= 15 is 0 Å². The van der Waals surface area contributed by atoms with Crippen LogP contribution in [0, 0.1) is 0 Å². The van der Waals surface area contributed by atoms with Gasteiger partial charge in [0.2, 0.25) is 15.9 Å². The van der Waals surface area contributed by atoms with Crippen molar-refractivity contribution in [2.45, 2.75) is 56.0 Å². The Kier molecular flexibility index (Phi) is 3.90. The van der Waals surface area contributed by atoms with Gasteiger partial charge in [-0.05, 0) is 19.3 Å². The standard InChI is InChI=1S/C12H18F3N3O4S/c1-22-6-3-4-7-8(5-6)18(23(2,20)21)11-16-10(19)9(17(7)11)12(13,14)15/h6-9,11H,3-5H2,1-2H3,(H,16,19). The molecular weight excluding hydrogens is 339 g/mol. The molecule has 132 valence electrons. The van der Waals surface area contributed by atoms with E-state index in [2.05, 4.69) is 5.32 Å². The van der Waals surface area contributed by atoms with Gasteiger partial charge in [0.25, 0.3) is 0 Å². The van der Waals surface area contributed by atoms with Crippen molar-refractivity contribution in [3.05, 3.63) is 0 Å². The second kappa shape index (κ2) is 5.30. The second-order valence-corrected chi connectivity index (χ2v) is 8.06. The summed E-state index contributed by atoms with van der Waals surface area (Å²) < 4.78 is 70.3. The third kappa shape index (κ3) is 2.63. The number of fused-ring (bicyclic) bond motifs is 3. The maximum Gasteiger partial charge on any atom is 0.413 e. The van der Waals surface area contributed by atoms with Crippen LogP contribution < -0.4 is 5.32 Å². The zero-order chi connectivity index (χ0) is 17.2. The number of nitrogens with zero attached hydrogens (tertiary/aromatic N) is 2. The number of ether oxygens (including phenoxy) is 1. The molecule has 11 heteroatoms. The number of nitrogens with one attached hydrogen (secondary N) is 1. The third-order valence-corrected chi connectivity index (χ3v) is 6.05. The Morgan fingerprint density at radius 2 is 1.91 bits per heavy atom. The highest BCUT2D eigenvalue weighted by atomic mass is 32.2. The van der Waals surface area contributed by atoms with E-state index in [0.717, 1.165) is 15.5 Å². The predicted octanol–water partition coefficient (Wildman–Crippen LogP) is -0.156. The molecule has 7 nitrogen and oxygen atoms in total. The lowest BCUT2D eigenvalue weighted by atomic mass is 9.88. The summed E-state index contributed by atoms with van der Waals surface area (Å²) in [4.78, 5) is 12.8. The molecule has 2 saturated heterocycles. The summed E-state index contributed by atoms with van der Waals surface area (Å²) in [7, 11) is -2.30. The van der Waals surface area contributed by atoms with Gasteiger partial charge < -0.3 is 10.1 Å². The van der Waals surface area contributed by atoms with Crippen molar-refractivity contribution in [2.75, 3.05) is 13.4 Å². The first kappa shape index (κ1) is 16.9. The first-order valence-electron chi connectivity index (χ1n) is 7.21. The SMILES string of the molecule is COC1CCC2C(C1)N(S(C)(=O)=O)C1NC(=O)C(C(F)(F)F)N21. The minimum absolute atomic E-state index is 0.208. The molecule has 0 bridgehead atoms. The van der Waals surface area contributed by atoms with Crippen molar-refractivity contribution in [3.63, 3.8) is 0 Å². The van der Waals surface area contributed by atoms with Gasteiger partial charge in [0, 0.05) is 19.2 Å². The third-order valence-electron chi connectivity index (χ3n) is 4.81. The number of alkyl halides is 3. The van der Waals surface area contributed by atoms with E-state index in [4.69, 9.17) is 4.74 Å². The Bertz CT molecular complexity index is 611. The molecule has 0 aromatic rings. The van der Waals surface area contributed by atoms with Gasteiger partial charge in [-0.3, -0.25) is 4.79 Å². The highest BCUT2D eigenvalue weighted by molar-refractivity contribution is 7.88. The largest absolute Gasteiger partial charge is 0.413 e. The van der Waals surface area contributed by atoms with Crippen LogP contribution in [-0.2, 0) is 19.6 Å². The minimum atomic E-state index is -4.75. The number of amides is 1. The Morgan fingerprint density at radius 3 is 2.43 bits per heavy atom. The maximum absolute atomic E-state index is 13.3. The summed E-state index contributed by atoms with van der Waals surface area (Å²) in [6.45, 7) is 0. The monoisotopic (exact) mass is 357 g/mol. The van der Waals surface area contributed by atoms with E-state index in [1.807, 2.05) is 0 Å². The van der Waals surface area contributed by atoms with Gasteiger partial charge in [-0.25, -0.2) is 13.3 Å². The van der Waals surface area contributed by atoms with Crippen molar-refractivity contribution in [1.29, 1.82) is 0 Å². The number of halogens is 3. The molecule has 0 radical (unpaired) electrons. The predicted molar refractivity (Wildman–Crippen MR) is 72.5 cm³/mol. The van der Waals surface area contributed by atoms with Crippen molar-refractivity contribution in [3.8, 4) is 0 Å². The molecular formula is C12H18F3N3O4S. The molecule has 0 aromatic carbocycles. The van der Waals surface area contributed by atoms with Crippen LogP contribution in [0.15, 0.2) is 0 Å². The summed E-state index contributed by atoms with van der Waals surface area (Å²) in [5.41, 5.74) is 0. The Morgan fingerprint density at radius 1 is 1.26 bits per heavy atom. The van der Waals surface area contributed by atoms with E-state index in [1.165, 1.54) is 7.11 Å². The minimum Gasteiger partial charge on any atom is -0.381 e. The summed E-state index contributed by atoms with van der Waals surface area (Å²) in [5, 5.41) is 2.19. The zero-order valence-corrected chi connectivity index (χ0v) is 13.4.